The maximum atomic E-state index is 5.76. The number of ether oxygens (including phenoxy) is 1. The third kappa shape index (κ3) is 3.95. The van der Waals surface area contributed by atoms with Crippen molar-refractivity contribution in [1.29, 1.82) is 0 Å². The predicted octanol–water partition coefficient (Wildman–Crippen LogP) is 0.910. The topological polar surface area (TPSA) is 53.1 Å². The molecule has 4 nitrogen and oxygen atoms in total. The fourth-order valence-corrected chi connectivity index (χ4v) is 1.01. The highest BCUT2D eigenvalue weighted by Gasteiger charge is 2.08. The van der Waals surface area contributed by atoms with Crippen molar-refractivity contribution in [3.05, 3.63) is 18.0 Å². The molecule has 13 heavy (non-hydrogen) atoms. The number of halogens is 2. The van der Waals surface area contributed by atoms with Crippen LogP contribution in [0.2, 0.25) is 0 Å². The van der Waals surface area contributed by atoms with Gasteiger partial charge in [-0.25, -0.2) is 0 Å². The maximum absolute atomic E-state index is 5.76. The summed E-state index contributed by atoms with van der Waals surface area (Å²) in [6.07, 6.45) is 1.73. The van der Waals surface area contributed by atoms with E-state index < -0.39 is 0 Å². The van der Waals surface area contributed by atoms with Crippen LogP contribution in [0.1, 0.15) is 11.7 Å². The van der Waals surface area contributed by atoms with Gasteiger partial charge >= 0.3 is 0 Å². The second-order valence-corrected chi connectivity index (χ2v) is 2.44. The minimum absolute atomic E-state index is 0. The molecule has 1 heterocycles. The number of hydrogen-bond acceptors (Lipinski definition) is 3. The first-order valence-corrected chi connectivity index (χ1v) is 3.48. The minimum Gasteiger partial charge on any atom is -0.383 e. The van der Waals surface area contributed by atoms with E-state index in [0.29, 0.717) is 6.61 Å². The molecule has 78 valence electrons. The van der Waals surface area contributed by atoms with Crippen LogP contribution in [0.3, 0.4) is 0 Å². The molecule has 0 fully saturated rings. The van der Waals surface area contributed by atoms with Crippen molar-refractivity contribution in [2.45, 2.75) is 6.04 Å². The SMILES string of the molecule is COCC(N)c1ccnn1C.Cl.Cl. The summed E-state index contributed by atoms with van der Waals surface area (Å²) in [5.41, 5.74) is 6.76. The van der Waals surface area contributed by atoms with E-state index in [1.807, 2.05) is 13.1 Å². The lowest BCUT2D eigenvalue weighted by Gasteiger charge is -2.09. The summed E-state index contributed by atoms with van der Waals surface area (Å²) in [6.45, 7) is 0.527. The van der Waals surface area contributed by atoms with Gasteiger partial charge in [-0.3, -0.25) is 4.68 Å². The van der Waals surface area contributed by atoms with Crippen LogP contribution >= 0.6 is 24.8 Å². The van der Waals surface area contributed by atoms with Crippen LogP contribution in [0, 0.1) is 0 Å². The van der Waals surface area contributed by atoms with Gasteiger partial charge in [0.05, 0.1) is 18.3 Å². The lowest BCUT2D eigenvalue weighted by atomic mass is 10.2. The van der Waals surface area contributed by atoms with Crippen LogP contribution in [-0.4, -0.2) is 23.5 Å². The van der Waals surface area contributed by atoms with Crippen molar-refractivity contribution >= 4 is 24.8 Å². The second kappa shape index (κ2) is 7.15. The van der Waals surface area contributed by atoms with Crippen molar-refractivity contribution in [3.63, 3.8) is 0 Å². The number of hydrogen-bond donors (Lipinski definition) is 1. The number of aryl methyl sites for hydroxylation is 1. The van der Waals surface area contributed by atoms with Gasteiger partial charge < -0.3 is 10.5 Å². The fraction of sp³-hybridized carbons (Fsp3) is 0.571. The zero-order chi connectivity index (χ0) is 8.27. The van der Waals surface area contributed by atoms with E-state index >= 15 is 0 Å². The molecule has 1 atom stereocenters. The van der Waals surface area contributed by atoms with Crippen molar-refractivity contribution in [2.75, 3.05) is 13.7 Å². The first kappa shape index (κ1) is 15.2. The van der Waals surface area contributed by atoms with Crippen molar-refractivity contribution < 1.29 is 4.74 Å². The highest BCUT2D eigenvalue weighted by molar-refractivity contribution is 5.85. The van der Waals surface area contributed by atoms with Gasteiger partial charge in [-0.1, -0.05) is 0 Å². The van der Waals surface area contributed by atoms with Crippen molar-refractivity contribution in [3.8, 4) is 0 Å². The largest absolute Gasteiger partial charge is 0.383 e. The molecule has 0 bridgehead atoms. The molecule has 0 saturated heterocycles. The first-order chi connectivity index (χ1) is 5.25. The molecule has 0 aromatic carbocycles. The van der Waals surface area contributed by atoms with Crippen LogP contribution in [0.4, 0.5) is 0 Å². The molecule has 0 spiro atoms. The van der Waals surface area contributed by atoms with Gasteiger partial charge in [0.25, 0.3) is 0 Å². The van der Waals surface area contributed by atoms with Crippen LogP contribution in [0.5, 0.6) is 0 Å². The molecule has 0 aliphatic rings. The van der Waals surface area contributed by atoms with Crippen LogP contribution in [0.15, 0.2) is 12.3 Å². The van der Waals surface area contributed by atoms with E-state index in [2.05, 4.69) is 5.10 Å². The summed E-state index contributed by atoms with van der Waals surface area (Å²) in [7, 11) is 3.50. The monoisotopic (exact) mass is 227 g/mol. The van der Waals surface area contributed by atoms with Gasteiger partial charge in [-0.15, -0.1) is 24.8 Å². The number of methoxy groups -OCH3 is 1. The van der Waals surface area contributed by atoms with Gasteiger partial charge in [0.1, 0.15) is 0 Å². The molecular formula is C7H15Cl2N3O. The van der Waals surface area contributed by atoms with E-state index in [9.17, 15) is 0 Å². The third-order valence-electron chi connectivity index (χ3n) is 1.58. The maximum Gasteiger partial charge on any atom is 0.0704 e. The summed E-state index contributed by atoms with van der Waals surface area (Å²) >= 11 is 0. The van der Waals surface area contributed by atoms with E-state index in [0.717, 1.165) is 5.69 Å². The molecule has 1 rings (SSSR count). The predicted molar refractivity (Wildman–Crippen MR) is 56.5 cm³/mol. The van der Waals surface area contributed by atoms with Crippen LogP contribution in [0.25, 0.3) is 0 Å². The molecule has 0 amide bonds. The van der Waals surface area contributed by atoms with Gasteiger partial charge in [0.15, 0.2) is 0 Å². The Balaban J connectivity index is 0. The number of rotatable bonds is 3. The zero-order valence-corrected chi connectivity index (χ0v) is 9.27. The molecule has 1 aromatic heterocycles. The zero-order valence-electron chi connectivity index (χ0n) is 7.64. The van der Waals surface area contributed by atoms with Gasteiger partial charge in [0, 0.05) is 20.4 Å². The first-order valence-electron chi connectivity index (χ1n) is 3.48. The Morgan fingerprint density at radius 2 is 2.23 bits per heavy atom. The number of nitrogens with zero attached hydrogens (tertiary/aromatic N) is 2. The smallest absolute Gasteiger partial charge is 0.0704 e. The van der Waals surface area contributed by atoms with Gasteiger partial charge in [-0.05, 0) is 6.07 Å². The summed E-state index contributed by atoms with van der Waals surface area (Å²) in [5.74, 6) is 0. The lowest BCUT2D eigenvalue weighted by molar-refractivity contribution is 0.178. The Morgan fingerprint density at radius 3 is 2.62 bits per heavy atom. The molecule has 6 heteroatoms. The summed E-state index contributed by atoms with van der Waals surface area (Å²) in [5, 5.41) is 4.00. The van der Waals surface area contributed by atoms with Crippen LogP contribution < -0.4 is 5.73 Å². The van der Waals surface area contributed by atoms with E-state index in [4.69, 9.17) is 10.5 Å². The third-order valence-corrected chi connectivity index (χ3v) is 1.58. The Labute approximate surface area is 90.3 Å². The Hall–Kier alpha value is -0.290. The van der Waals surface area contributed by atoms with E-state index in [1.54, 1.807) is 18.0 Å². The Bertz CT molecular complexity index is 229. The van der Waals surface area contributed by atoms with Crippen molar-refractivity contribution in [2.24, 2.45) is 12.8 Å². The lowest BCUT2D eigenvalue weighted by Crippen LogP contribution is -2.19. The summed E-state index contributed by atoms with van der Waals surface area (Å²) in [6, 6.07) is 1.82. The highest BCUT2D eigenvalue weighted by Crippen LogP contribution is 2.07. The van der Waals surface area contributed by atoms with Crippen molar-refractivity contribution in [1.82, 2.24) is 9.78 Å². The minimum atomic E-state index is -0.0764. The normalized spacial score (nSPS) is 11.3. The molecule has 1 unspecified atom stereocenters. The molecule has 2 N–H and O–H groups in total. The van der Waals surface area contributed by atoms with Crippen LogP contribution in [-0.2, 0) is 11.8 Å². The van der Waals surface area contributed by atoms with Gasteiger partial charge in [0.2, 0.25) is 0 Å². The molecule has 1 aromatic rings. The summed E-state index contributed by atoms with van der Waals surface area (Å²) < 4.78 is 6.67. The van der Waals surface area contributed by atoms with Gasteiger partial charge in [-0.2, -0.15) is 5.10 Å². The molecule has 0 saturated carbocycles. The summed E-state index contributed by atoms with van der Waals surface area (Å²) in [4.78, 5) is 0. The second-order valence-electron chi connectivity index (χ2n) is 2.44. The Kier molecular flexibility index (Phi) is 8.35. The number of nitrogens with two attached hydrogens (primary N) is 1. The average Bonchev–Trinajstić information content (AvgIpc) is 2.36. The average molecular weight is 228 g/mol. The Morgan fingerprint density at radius 1 is 1.62 bits per heavy atom. The fourth-order valence-electron chi connectivity index (χ4n) is 1.01. The number of aromatic nitrogens is 2. The van der Waals surface area contributed by atoms with E-state index in [1.165, 1.54) is 0 Å². The molecular weight excluding hydrogens is 213 g/mol. The highest BCUT2D eigenvalue weighted by atomic mass is 35.5. The molecule has 0 aliphatic carbocycles. The molecule has 0 radical (unpaired) electrons. The molecule has 0 aliphatic heterocycles. The standard InChI is InChI=1S/C7H13N3O.2ClH/c1-10-7(3-4-9-10)6(8)5-11-2;;/h3-4,6H,5,8H2,1-2H3;2*1H. The quantitative estimate of drug-likeness (QED) is 0.836. The van der Waals surface area contributed by atoms with E-state index in [-0.39, 0.29) is 30.9 Å².